The molecule has 5 rings (SSSR count). The quantitative estimate of drug-likeness (QED) is 0.392. The van der Waals surface area contributed by atoms with Crippen molar-refractivity contribution in [2.45, 2.75) is 64.6 Å². The minimum absolute atomic E-state index is 0.0387. The summed E-state index contributed by atoms with van der Waals surface area (Å²) in [6, 6.07) is 16.7. The number of hydrogen-bond donors (Lipinski definition) is 1. The maximum absolute atomic E-state index is 14.2. The maximum atomic E-state index is 14.2. The molecule has 192 valence electrons. The van der Waals surface area contributed by atoms with Gasteiger partial charge in [-0.05, 0) is 87.1 Å². The summed E-state index contributed by atoms with van der Waals surface area (Å²) in [7, 11) is 1.90. The number of carbonyl (C=O) groups excluding carboxylic acids is 2. The van der Waals surface area contributed by atoms with E-state index >= 15 is 0 Å². The van der Waals surface area contributed by atoms with Gasteiger partial charge in [0.05, 0.1) is 11.2 Å². The largest absolute Gasteiger partial charge is 0.352 e. The number of benzene rings is 2. The molecule has 2 aromatic carbocycles. The molecule has 0 saturated heterocycles. The summed E-state index contributed by atoms with van der Waals surface area (Å²) in [4.78, 5) is 29.8. The Morgan fingerprint density at radius 3 is 2.62 bits per heavy atom. The standard InChI is InChI=1S/C29H34N6O2/c1-5-29(2,3)30-28(37)27(25-14-9-17-33(25)4)35(22-16-15-20-10-8-11-21(20)18-22)26(36)19-34-24-13-7-6-12-23(24)31-32-34/h6-7,9,12-18,27H,5,8,10-11,19H2,1-4H3,(H,30,37). The zero-order chi connectivity index (χ0) is 26.2. The number of rotatable bonds is 8. The van der Waals surface area contributed by atoms with Gasteiger partial charge in [-0.3, -0.25) is 14.5 Å². The lowest BCUT2D eigenvalue weighted by atomic mass is 10.00. The molecule has 2 heterocycles. The molecule has 2 aromatic heterocycles. The van der Waals surface area contributed by atoms with Crippen LogP contribution in [0.2, 0.25) is 0 Å². The molecule has 4 aromatic rings. The van der Waals surface area contributed by atoms with Crippen LogP contribution in [-0.2, 0) is 36.0 Å². The van der Waals surface area contributed by atoms with Crippen LogP contribution >= 0.6 is 0 Å². The number of nitrogens with one attached hydrogen (secondary N) is 1. The van der Waals surface area contributed by atoms with Crippen LogP contribution in [0.1, 0.15) is 56.5 Å². The summed E-state index contributed by atoms with van der Waals surface area (Å²) in [5.74, 6) is -0.449. The van der Waals surface area contributed by atoms with Crippen LogP contribution in [-0.4, -0.2) is 36.9 Å². The molecule has 0 saturated carbocycles. The van der Waals surface area contributed by atoms with E-state index in [4.69, 9.17) is 0 Å². The van der Waals surface area contributed by atoms with Gasteiger partial charge in [-0.2, -0.15) is 0 Å². The second-order valence-electron chi connectivity index (χ2n) is 10.5. The third-order valence-corrected chi connectivity index (χ3v) is 7.45. The Kier molecular flexibility index (Phi) is 6.58. The predicted molar refractivity (Wildman–Crippen MR) is 144 cm³/mol. The van der Waals surface area contributed by atoms with E-state index in [1.807, 2.05) is 81.0 Å². The van der Waals surface area contributed by atoms with Crippen LogP contribution < -0.4 is 10.2 Å². The lowest BCUT2D eigenvalue weighted by molar-refractivity contribution is -0.128. The Morgan fingerprint density at radius 1 is 1.08 bits per heavy atom. The minimum Gasteiger partial charge on any atom is -0.352 e. The molecule has 0 spiro atoms. The van der Waals surface area contributed by atoms with Crippen LogP contribution in [0, 0.1) is 0 Å². The first-order valence-electron chi connectivity index (χ1n) is 12.9. The van der Waals surface area contributed by atoms with Gasteiger partial charge < -0.3 is 9.88 Å². The van der Waals surface area contributed by atoms with Crippen molar-refractivity contribution in [3.8, 4) is 0 Å². The highest BCUT2D eigenvalue weighted by atomic mass is 16.2. The monoisotopic (exact) mass is 498 g/mol. The first kappa shape index (κ1) is 24.7. The molecule has 37 heavy (non-hydrogen) atoms. The van der Waals surface area contributed by atoms with Gasteiger partial charge in [0.2, 0.25) is 11.8 Å². The van der Waals surface area contributed by atoms with E-state index < -0.39 is 11.6 Å². The van der Waals surface area contributed by atoms with E-state index in [9.17, 15) is 9.59 Å². The molecule has 1 atom stereocenters. The van der Waals surface area contributed by atoms with Crippen LogP contribution in [0.5, 0.6) is 0 Å². The van der Waals surface area contributed by atoms with E-state index in [0.717, 1.165) is 42.4 Å². The summed E-state index contributed by atoms with van der Waals surface area (Å²) in [5, 5.41) is 11.6. The van der Waals surface area contributed by atoms with Crippen LogP contribution in [0.4, 0.5) is 5.69 Å². The summed E-state index contributed by atoms with van der Waals surface area (Å²) in [6.45, 7) is 5.99. The molecule has 0 aliphatic heterocycles. The Labute approximate surface area is 217 Å². The Balaban J connectivity index is 1.61. The number of fused-ring (bicyclic) bond motifs is 2. The van der Waals surface area contributed by atoms with Crippen LogP contribution in [0.25, 0.3) is 11.0 Å². The Hall–Kier alpha value is -3.94. The number of para-hydroxylation sites is 1. The zero-order valence-electron chi connectivity index (χ0n) is 21.9. The van der Waals surface area contributed by atoms with Crippen molar-refractivity contribution in [3.63, 3.8) is 0 Å². The SMILES string of the molecule is CCC(C)(C)NC(=O)C(c1cccn1C)N(C(=O)Cn1nnc2ccccc21)c1ccc2c(c1)CCC2. The molecular formula is C29H34N6O2. The summed E-state index contributed by atoms with van der Waals surface area (Å²) in [5.41, 5.74) is 5.08. The first-order chi connectivity index (χ1) is 17.8. The predicted octanol–water partition coefficient (Wildman–Crippen LogP) is 4.34. The number of anilines is 1. The Bertz CT molecular complexity index is 1450. The number of aryl methyl sites for hydroxylation is 3. The first-order valence-corrected chi connectivity index (χ1v) is 12.9. The third kappa shape index (κ3) is 4.88. The number of nitrogens with zero attached hydrogens (tertiary/aromatic N) is 5. The highest BCUT2D eigenvalue weighted by molar-refractivity contribution is 6.01. The van der Waals surface area contributed by atoms with Crippen molar-refractivity contribution < 1.29 is 9.59 Å². The summed E-state index contributed by atoms with van der Waals surface area (Å²) < 4.78 is 3.51. The molecular weight excluding hydrogens is 464 g/mol. The molecule has 8 nitrogen and oxygen atoms in total. The van der Waals surface area contributed by atoms with Crippen molar-refractivity contribution >= 4 is 28.5 Å². The molecule has 8 heteroatoms. The molecule has 0 bridgehead atoms. The van der Waals surface area contributed by atoms with Crippen LogP contribution in [0.3, 0.4) is 0 Å². The van der Waals surface area contributed by atoms with E-state index in [2.05, 4.69) is 27.8 Å². The van der Waals surface area contributed by atoms with Crippen molar-refractivity contribution in [1.29, 1.82) is 0 Å². The van der Waals surface area contributed by atoms with Crippen molar-refractivity contribution in [2.75, 3.05) is 4.90 Å². The topological polar surface area (TPSA) is 85.0 Å². The lowest BCUT2D eigenvalue weighted by Gasteiger charge is -2.35. The lowest BCUT2D eigenvalue weighted by Crippen LogP contribution is -2.51. The van der Waals surface area contributed by atoms with Gasteiger partial charge in [0.15, 0.2) is 6.04 Å². The summed E-state index contributed by atoms with van der Waals surface area (Å²) in [6.07, 6.45) is 5.78. The molecule has 1 aliphatic rings. The number of carbonyl (C=O) groups is 2. The number of amides is 2. The molecule has 1 N–H and O–H groups in total. The molecule has 0 radical (unpaired) electrons. The summed E-state index contributed by atoms with van der Waals surface area (Å²) >= 11 is 0. The van der Waals surface area contributed by atoms with Gasteiger partial charge in [0.25, 0.3) is 0 Å². The fraction of sp³-hybridized carbons (Fsp3) is 0.379. The molecule has 2 amide bonds. The average molecular weight is 499 g/mol. The number of hydrogen-bond acceptors (Lipinski definition) is 4. The number of aromatic nitrogens is 4. The van der Waals surface area contributed by atoms with E-state index in [-0.39, 0.29) is 18.4 Å². The molecule has 1 unspecified atom stereocenters. The van der Waals surface area contributed by atoms with Gasteiger partial charge >= 0.3 is 0 Å². The van der Waals surface area contributed by atoms with Crippen molar-refractivity contribution in [2.24, 2.45) is 7.05 Å². The second-order valence-corrected chi connectivity index (χ2v) is 10.5. The maximum Gasteiger partial charge on any atom is 0.249 e. The van der Waals surface area contributed by atoms with Gasteiger partial charge in [0.1, 0.15) is 12.1 Å². The van der Waals surface area contributed by atoms with E-state index in [0.29, 0.717) is 5.69 Å². The average Bonchev–Trinajstić information content (AvgIpc) is 3.62. The van der Waals surface area contributed by atoms with Gasteiger partial charge in [-0.15, -0.1) is 5.10 Å². The normalized spacial score (nSPS) is 13.9. The fourth-order valence-electron chi connectivity index (χ4n) is 5.02. The van der Waals surface area contributed by atoms with Gasteiger partial charge in [0, 0.05) is 24.5 Å². The van der Waals surface area contributed by atoms with Gasteiger partial charge in [-0.25, -0.2) is 4.68 Å². The van der Waals surface area contributed by atoms with Gasteiger partial charge in [-0.1, -0.05) is 30.3 Å². The van der Waals surface area contributed by atoms with Crippen molar-refractivity contribution in [1.82, 2.24) is 24.9 Å². The van der Waals surface area contributed by atoms with Crippen molar-refractivity contribution in [3.05, 3.63) is 77.6 Å². The third-order valence-electron chi connectivity index (χ3n) is 7.45. The second kappa shape index (κ2) is 9.84. The zero-order valence-corrected chi connectivity index (χ0v) is 21.9. The minimum atomic E-state index is -0.854. The highest BCUT2D eigenvalue weighted by Crippen LogP contribution is 2.33. The van der Waals surface area contributed by atoms with E-state index in [1.54, 1.807) is 9.58 Å². The molecule has 1 aliphatic carbocycles. The van der Waals surface area contributed by atoms with Crippen LogP contribution in [0.15, 0.2) is 60.8 Å². The smallest absolute Gasteiger partial charge is 0.249 e. The fourth-order valence-corrected chi connectivity index (χ4v) is 5.02. The van der Waals surface area contributed by atoms with E-state index in [1.165, 1.54) is 11.1 Å². The highest BCUT2D eigenvalue weighted by Gasteiger charge is 2.37. The Morgan fingerprint density at radius 2 is 1.86 bits per heavy atom. The molecule has 0 fully saturated rings.